The van der Waals surface area contributed by atoms with Gasteiger partial charge < -0.3 is 5.98 Å². The summed E-state index contributed by atoms with van der Waals surface area (Å²) in [6.45, 7) is 0. The van der Waals surface area contributed by atoms with Crippen molar-refractivity contribution in [3.05, 3.63) is 15.4 Å². The van der Waals surface area contributed by atoms with Crippen LogP contribution >= 0.6 is 34.5 Å². The van der Waals surface area contributed by atoms with Crippen LogP contribution in [-0.4, -0.2) is 8.76 Å². The normalized spacial score (nSPS) is 12.3. The minimum Gasteiger partial charge on any atom is -1.00 e. The Morgan fingerprint density at radius 1 is 1.64 bits per heavy atom. The summed E-state index contributed by atoms with van der Waals surface area (Å²) < 4.78 is 19.5. The van der Waals surface area contributed by atoms with Gasteiger partial charge in [-0.15, -0.1) is 11.3 Å². The number of hydrogen-bond donors (Lipinski definition) is 1. The van der Waals surface area contributed by atoms with Crippen LogP contribution in [-0.2, 0) is 11.1 Å². The topological polar surface area (TPSA) is 37.3 Å². The molecule has 2 nitrogen and oxygen atoms in total. The fourth-order valence-electron chi connectivity index (χ4n) is 0.413. The first-order valence-electron chi connectivity index (χ1n) is 2.17. The molecule has 0 amide bonds. The second kappa shape index (κ2) is 5.19. The average Bonchev–Trinajstić information content (AvgIpc) is 2.13. The monoisotopic (exact) mass is 240 g/mol. The molecule has 0 spiro atoms. The summed E-state index contributed by atoms with van der Waals surface area (Å²) in [5, 5.41) is 0.323. The molecule has 1 atom stereocenters. The van der Waals surface area contributed by atoms with E-state index in [1.807, 2.05) is 0 Å². The molecule has 11 heavy (non-hydrogen) atoms. The largest absolute Gasteiger partial charge is 1.00 e. The van der Waals surface area contributed by atoms with Crippen LogP contribution in [0.4, 0.5) is 0 Å². The van der Waals surface area contributed by atoms with Gasteiger partial charge >= 0.3 is 29.6 Å². The van der Waals surface area contributed by atoms with Crippen molar-refractivity contribution >= 4 is 45.6 Å². The molecule has 0 aliphatic heterocycles. The van der Waals surface area contributed by atoms with Crippen molar-refractivity contribution in [3.8, 4) is 0 Å². The zero-order valence-corrected chi connectivity index (χ0v) is 10.7. The van der Waals surface area contributed by atoms with Crippen molar-refractivity contribution in [1.82, 2.24) is 0 Å². The van der Waals surface area contributed by atoms with Gasteiger partial charge in [0, 0.05) is 0 Å². The quantitative estimate of drug-likeness (QED) is 0.544. The van der Waals surface area contributed by atoms with Gasteiger partial charge in [-0.05, 0) is 6.07 Å². The van der Waals surface area contributed by atoms with Crippen LogP contribution in [0.3, 0.4) is 0 Å². The molecule has 1 heterocycles. The molecule has 0 fully saturated rings. The molecular weight excluding hydrogens is 238 g/mol. The van der Waals surface area contributed by atoms with Gasteiger partial charge in [-0.3, -0.25) is 0 Å². The summed E-state index contributed by atoms with van der Waals surface area (Å²) in [5.74, 6) is 0. The molecule has 1 N–H and O–H groups in total. The number of thiophene rings is 1. The summed E-state index contributed by atoms with van der Waals surface area (Å²) in [5.41, 5.74) is 0. The van der Waals surface area contributed by atoms with Crippen molar-refractivity contribution in [2.75, 3.05) is 0 Å². The summed E-state index contributed by atoms with van der Waals surface area (Å²) in [4.78, 5) is 0. The Kier molecular flexibility index (Phi) is 5.85. The van der Waals surface area contributed by atoms with Gasteiger partial charge in [-0.1, -0.05) is 23.2 Å². The predicted molar refractivity (Wildman–Crippen MR) is 44.5 cm³/mol. The first kappa shape index (κ1) is 12.4. The molecule has 0 aliphatic carbocycles. The van der Waals surface area contributed by atoms with Crippen molar-refractivity contribution in [1.29, 1.82) is 0 Å². The molecule has 58 valence electrons. The Balaban J connectivity index is 0. The molecule has 0 bridgehead atoms. The molecule has 1 unspecified atom stereocenters. The summed E-state index contributed by atoms with van der Waals surface area (Å²) in [6.07, 6.45) is 0. The minimum atomic E-state index is -1.97. The van der Waals surface area contributed by atoms with Gasteiger partial charge in [-0.25, -0.2) is 4.21 Å². The smallest absolute Gasteiger partial charge is 1.00 e. The summed E-state index contributed by atoms with van der Waals surface area (Å²) in [6, 6.07) is 1.38. The van der Waals surface area contributed by atoms with Crippen LogP contribution < -0.4 is 29.6 Å². The van der Waals surface area contributed by atoms with Gasteiger partial charge in [0.25, 0.3) is 0 Å². The van der Waals surface area contributed by atoms with Gasteiger partial charge in [0.15, 0.2) is 11.1 Å². The van der Waals surface area contributed by atoms with E-state index < -0.39 is 11.1 Å². The molecule has 0 saturated heterocycles. The third-order valence-corrected chi connectivity index (χ3v) is 3.59. The Bertz CT molecular complexity index is 261. The standard InChI is InChI=1S/C4H2Cl2O2S2.Na.H/c5-2-1-3(10(7)8)9-4(2)6;;/h1H,(H,7,8);;/q;+1;-1. The third kappa shape index (κ3) is 3.32. The zero-order valence-electron chi connectivity index (χ0n) is 6.51. The number of rotatable bonds is 1. The van der Waals surface area contributed by atoms with Gasteiger partial charge in [0.05, 0.1) is 5.02 Å². The predicted octanol–water partition coefficient (Wildman–Crippen LogP) is -0.248. The van der Waals surface area contributed by atoms with Crippen LogP contribution in [0.1, 0.15) is 1.43 Å². The summed E-state index contributed by atoms with van der Waals surface area (Å²) in [7, 11) is 0. The van der Waals surface area contributed by atoms with E-state index in [1.165, 1.54) is 6.07 Å². The summed E-state index contributed by atoms with van der Waals surface area (Å²) >= 11 is 10.1. The maximum Gasteiger partial charge on any atom is 1.00 e. The van der Waals surface area contributed by atoms with Crippen molar-refractivity contribution in [2.24, 2.45) is 0 Å². The fraction of sp³-hybridized carbons (Fsp3) is 0. The van der Waals surface area contributed by atoms with E-state index >= 15 is 0 Å². The van der Waals surface area contributed by atoms with Crippen molar-refractivity contribution in [2.45, 2.75) is 4.21 Å². The Labute approximate surface area is 104 Å². The van der Waals surface area contributed by atoms with E-state index in [9.17, 15) is 4.21 Å². The van der Waals surface area contributed by atoms with E-state index in [0.29, 0.717) is 9.36 Å². The Morgan fingerprint density at radius 3 is 2.36 bits per heavy atom. The van der Waals surface area contributed by atoms with Crippen LogP contribution in [0.2, 0.25) is 9.36 Å². The fourth-order valence-corrected chi connectivity index (χ4v) is 2.47. The molecular formula is C4H3Cl2NaO2S2. The SMILES string of the molecule is O=S(O)c1cc(Cl)c(Cl)s1.[H-].[Na+]. The molecule has 0 saturated carbocycles. The zero-order chi connectivity index (χ0) is 7.72. The van der Waals surface area contributed by atoms with E-state index in [4.69, 9.17) is 27.8 Å². The van der Waals surface area contributed by atoms with Crippen LogP contribution in [0, 0.1) is 0 Å². The van der Waals surface area contributed by atoms with Crippen molar-refractivity contribution < 1.29 is 39.7 Å². The third-order valence-electron chi connectivity index (χ3n) is 0.795. The maximum atomic E-state index is 10.4. The maximum absolute atomic E-state index is 10.4. The molecule has 0 aromatic carbocycles. The van der Waals surface area contributed by atoms with Gasteiger partial charge in [-0.2, -0.15) is 0 Å². The number of hydrogen-bond acceptors (Lipinski definition) is 2. The van der Waals surface area contributed by atoms with Gasteiger partial charge in [0.2, 0.25) is 0 Å². The average molecular weight is 241 g/mol. The Morgan fingerprint density at radius 2 is 2.18 bits per heavy atom. The molecule has 1 aromatic heterocycles. The second-order valence-electron chi connectivity index (χ2n) is 1.44. The first-order chi connectivity index (χ1) is 4.61. The molecule has 0 radical (unpaired) electrons. The van der Waals surface area contributed by atoms with E-state index in [-0.39, 0.29) is 35.2 Å². The van der Waals surface area contributed by atoms with Gasteiger partial charge in [0.1, 0.15) is 8.55 Å². The van der Waals surface area contributed by atoms with Crippen LogP contribution in [0.15, 0.2) is 10.3 Å². The molecule has 0 aliphatic rings. The van der Waals surface area contributed by atoms with E-state index in [1.54, 1.807) is 0 Å². The van der Waals surface area contributed by atoms with E-state index in [2.05, 4.69) is 0 Å². The van der Waals surface area contributed by atoms with Crippen LogP contribution in [0.5, 0.6) is 0 Å². The van der Waals surface area contributed by atoms with E-state index in [0.717, 1.165) is 11.3 Å². The minimum absolute atomic E-state index is 0. The first-order valence-corrected chi connectivity index (χ1v) is 4.85. The van der Waals surface area contributed by atoms with Crippen LogP contribution in [0.25, 0.3) is 0 Å². The molecule has 7 heteroatoms. The van der Waals surface area contributed by atoms with Crippen molar-refractivity contribution in [3.63, 3.8) is 0 Å². The molecule has 1 aromatic rings. The second-order valence-corrected chi connectivity index (χ2v) is 4.69. The number of halogens is 2. The Hall–Kier alpha value is 1.39. The molecule has 1 rings (SSSR count).